The predicted octanol–water partition coefficient (Wildman–Crippen LogP) is 2.88. The molecule has 0 saturated carbocycles. The van der Waals surface area contributed by atoms with Crippen LogP contribution < -0.4 is 10.9 Å². The summed E-state index contributed by atoms with van der Waals surface area (Å²) in [5.41, 5.74) is 8.03. The molecule has 1 unspecified atom stereocenters. The molecule has 5 heteroatoms. The molecule has 2 bridgehead atoms. The SMILES string of the molecule is c1ccc([C@H]2CN(Cc3ccc(C4CCNN4)o3)[C@@H]3C4CCN(CC4)[C@H]23)cc1. The minimum absolute atomic E-state index is 0.314. The molecule has 5 aliphatic heterocycles. The molecule has 5 nitrogen and oxygen atoms in total. The van der Waals surface area contributed by atoms with E-state index in [0.29, 0.717) is 24.0 Å². The first kappa shape index (κ1) is 17.2. The number of likely N-dealkylation sites (tertiary alicyclic amines) is 1. The number of furan rings is 1. The molecule has 148 valence electrons. The third-order valence-corrected chi connectivity index (χ3v) is 7.54. The molecule has 0 amide bonds. The van der Waals surface area contributed by atoms with Crippen molar-refractivity contribution in [2.24, 2.45) is 5.92 Å². The molecular formula is C23H30N4O. The fraction of sp³-hybridized carbons (Fsp3) is 0.565. The van der Waals surface area contributed by atoms with E-state index in [-0.39, 0.29) is 0 Å². The van der Waals surface area contributed by atoms with Gasteiger partial charge in [0, 0.05) is 31.1 Å². The molecule has 5 aliphatic rings. The van der Waals surface area contributed by atoms with Crippen molar-refractivity contribution in [1.29, 1.82) is 0 Å². The molecule has 2 N–H and O–H groups in total. The maximum absolute atomic E-state index is 6.27. The molecular weight excluding hydrogens is 348 g/mol. The monoisotopic (exact) mass is 378 g/mol. The molecule has 0 radical (unpaired) electrons. The van der Waals surface area contributed by atoms with Gasteiger partial charge < -0.3 is 4.42 Å². The Balaban J connectivity index is 1.27. The third kappa shape index (κ3) is 2.84. The van der Waals surface area contributed by atoms with Gasteiger partial charge in [0.15, 0.2) is 0 Å². The van der Waals surface area contributed by atoms with E-state index in [4.69, 9.17) is 4.42 Å². The van der Waals surface area contributed by atoms with Crippen molar-refractivity contribution >= 4 is 0 Å². The number of nitrogens with one attached hydrogen (secondary N) is 2. The molecule has 5 saturated heterocycles. The second-order valence-electron chi connectivity index (χ2n) is 9.02. The second kappa shape index (κ2) is 6.99. The van der Waals surface area contributed by atoms with Gasteiger partial charge in [-0.05, 0) is 56.0 Å². The zero-order valence-electron chi connectivity index (χ0n) is 16.4. The van der Waals surface area contributed by atoms with Gasteiger partial charge >= 0.3 is 0 Å². The summed E-state index contributed by atoms with van der Waals surface area (Å²) in [6.07, 6.45) is 3.81. The first-order valence-electron chi connectivity index (χ1n) is 11.0. The Labute approximate surface area is 167 Å². The van der Waals surface area contributed by atoms with Gasteiger partial charge in [0.2, 0.25) is 0 Å². The van der Waals surface area contributed by atoms with Gasteiger partial charge in [-0.1, -0.05) is 30.3 Å². The molecule has 1 aromatic carbocycles. The number of hydrogen-bond acceptors (Lipinski definition) is 5. The van der Waals surface area contributed by atoms with Crippen molar-refractivity contribution in [3.63, 3.8) is 0 Å². The predicted molar refractivity (Wildman–Crippen MR) is 109 cm³/mol. The minimum atomic E-state index is 0.314. The van der Waals surface area contributed by atoms with Crippen molar-refractivity contribution in [2.45, 2.75) is 49.9 Å². The lowest BCUT2D eigenvalue weighted by molar-refractivity contribution is -0.0102. The van der Waals surface area contributed by atoms with Gasteiger partial charge in [-0.25, -0.2) is 5.43 Å². The number of hydrogen-bond donors (Lipinski definition) is 2. The summed E-state index contributed by atoms with van der Waals surface area (Å²) >= 11 is 0. The van der Waals surface area contributed by atoms with E-state index in [0.717, 1.165) is 43.5 Å². The summed E-state index contributed by atoms with van der Waals surface area (Å²) in [5.74, 6) is 3.65. The number of hydrazine groups is 1. The Morgan fingerprint density at radius 3 is 2.61 bits per heavy atom. The Hall–Kier alpha value is -1.66. The van der Waals surface area contributed by atoms with E-state index in [1.807, 2.05) is 0 Å². The van der Waals surface area contributed by atoms with Gasteiger partial charge in [-0.15, -0.1) is 0 Å². The molecule has 5 fully saturated rings. The van der Waals surface area contributed by atoms with Crippen molar-refractivity contribution in [2.75, 3.05) is 26.2 Å². The van der Waals surface area contributed by atoms with Crippen molar-refractivity contribution < 1.29 is 4.42 Å². The lowest BCUT2D eigenvalue weighted by atomic mass is 9.75. The summed E-state index contributed by atoms with van der Waals surface area (Å²) < 4.78 is 6.27. The summed E-state index contributed by atoms with van der Waals surface area (Å²) in [7, 11) is 0. The van der Waals surface area contributed by atoms with E-state index < -0.39 is 0 Å². The Kier molecular flexibility index (Phi) is 4.30. The molecule has 28 heavy (non-hydrogen) atoms. The highest BCUT2D eigenvalue weighted by Crippen LogP contribution is 2.47. The zero-order chi connectivity index (χ0) is 18.5. The number of benzene rings is 1. The highest BCUT2D eigenvalue weighted by Gasteiger charge is 2.53. The van der Waals surface area contributed by atoms with E-state index in [1.54, 1.807) is 0 Å². The molecule has 6 heterocycles. The van der Waals surface area contributed by atoms with Crippen LogP contribution in [0.4, 0.5) is 0 Å². The highest BCUT2D eigenvalue weighted by molar-refractivity contribution is 5.27. The van der Waals surface area contributed by atoms with Crippen molar-refractivity contribution in [3.8, 4) is 0 Å². The zero-order valence-corrected chi connectivity index (χ0v) is 16.4. The lowest BCUT2D eigenvalue weighted by Crippen LogP contribution is -2.59. The van der Waals surface area contributed by atoms with Crippen LogP contribution in [-0.2, 0) is 6.54 Å². The van der Waals surface area contributed by atoms with E-state index >= 15 is 0 Å². The summed E-state index contributed by atoms with van der Waals surface area (Å²) in [4.78, 5) is 5.52. The van der Waals surface area contributed by atoms with Crippen molar-refractivity contribution in [3.05, 3.63) is 59.5 Å². The molecule has 0 aliphatic carbocycles. The van der Waals surface area contributed by atoms with Gasteiger partial charge in [0.1, 0.15) is 11.5 Å². The Morgan fingerprint density at radius 2 is 1.82 bits per heavy atom. The number of nitrogens with zero attached hydrogens (tertiary/aromatic N) is 2. The number of piperidine rings is 3. The largest absolute Gasteiger partial charge is 0.463 e. The quantitative estimate of drug-likeness (QED) is 0.857. The fourth-order valence-corrected chi connectivity index (χ4v) is 6.28. The maximum Gasteiger partial charge on any atom is 0.122 e. The first-order chi connectivity index (χ1) is 13.9. The standard InChI is InChI=1S/C23H30N4O/c1-2-4-16(5-3-1)19-15-27(22-17-9-12-26(13-10-17)23(19)22)14-18-6-7-21(28-18)20-8-11-24-25-20/h1-7,17,19-20,22-25H,8-15H2/t19-,20?,22-,23-/m1/s1. The van der Waals surface area contributed by atoms with E-state index in [1.165, 1.54) is 31.5 Å². The van der Waals surface area contributed by atoms with Crippen LogP contribution in [-0.4, -0.2) is 48.1 Å². The van der Waals surface area contributed by atoms with E-state index in [2.05, 4.69) is 63.1 Å². The lowest BCUT2D eigenvalue weighted by Gasteiger charge is -2.51. The Bertz CT molecular complexity index is 807. The Morgan fingerprint density at radius 1 is 0.964 bits per heavy atom. The summed E-state index contributed by atoms with van der Waals surface area (Å²) in [6, 6.07) is 17.2. The third-order valence-electron chi connectivity index (χ3n) is 7.54. The van der Waals surface area contributed by atoms with Crippen LogP contribution in [0, 0.1) is 5.92 Å². The van der Waals surface area contributed by atoms with Crippen LogP contribution in [0.2, 0.25) is 0 Å². The van der Waals surface area contributed by atoms with Gasteiger partial charge in [-0.2, -0.15) is 0 Å². The molecule has 0 spiro atoms. The molecule has 7 rings (SSSR count). The summed E-state index contributed by atoms with van der Waals surface area (Å²) in [5, 5.41) is 0. The van der Waals surface area contributed by atoms with Gasteiger partial charge in [0.25, 0.3) is 0 Å². The minimum Gasteiger partial charge on any atom is -0.463 e. The summed E-state index contributed by atoms with van der Waals surface area (Å²) in [6.45, 7) is 5.66. The smallest absolute Gasteiger partial charge is 0.122 e. The second-order valence-corrected chi connectivity index (χ2v) is 9.02. The topological polar surface area (TPSA) is 43.7 Å². The molecule has 2 aromatic rings. The van der Waals surface area contributed by atoms with E-state index in [9.17, 15) is 0 Å². The van der Waals surface area contributed by atoms with Crippen molar-refractivity contribution in [1.82, 2.24) is 20.7 Å². The average molecular weight is 379 g/mol. The van der Waals surface area contributed by atoms with Crippen LogP contribution in [0.1, 0.15) is 48.3 Å². The van der Waals surface area contributed by atoms with Crippen LogP contribution in [0.15, 0.2) is 46.9 Å². The average Bonchev–Trinajstić information content (AvgIpc) is 3.50. The fourth-order valence-electron chi connectivity index (χ4n) is 6.28. The first-order valence-corrected chi connectivity index (χ1v) is 11.0. The highest BCUT2D eigenvalue weighted by atomic mass is 16.3. The van der Waals surface area contributed by atoms with Crippen LogP contribution in [0.3, 0.4) is 0 Å². The maximum atomic E-state index is 6.27. The number of rotatable bonds is 4. The van der Waals surface area contributed by atoms with Crippen LogP contribution in [0.25, 0.3) is 0 Å². The molecule has 4 atom stereocenters. The molecule has 1 aromatic heterocycles. The van der Waals surface area contributed by atoms with Crippen LogP contribution in [0.5, 0.6) is 0 Å². The van der Waals surface area contributed by atoms with Gasteiger partial charge in [-0.3, -0.25) is 15.2 Å². The normalized spacial score (nSPS) is 37.4. The van der Waals surface area contributed by atoms with Crippen LogP contribution >= 0.6 is 0 Å². The van der Waals surface area contributed by atoms with Gasteiger partial charge in [0.05, 0.1) is 12.6 Å². The number of fused-ring (bicyclic) bond motifs is 2.